The lowest BCUT2D eigenvalue weighted by molar-refractivity contribution is 0.592. The van der Waals surface area contributed by atoms with E-state index in [4.69, 9.17) is 0 Å². The van der Waals surface area contributed by atoms with Crippen LogP contribution in [0.2, 0.25) is 0 Å². The van der Waals surface area contributed by atoms with Crippen LogP contribution in [0, 0.1) is 0 Å². The van der Waals surface area contributed by atoms with E-state index in [0.717, 1.165) is 10.6 Å². The first kappa shape index (κ1) is 16.8. The van der Waals surface area contributed by atoms with Crippen molar-refractivity contribution in [3.05, 3.63) is 49.2 Å². The van der Waals surface area contributed by atoms with Gasteiger partial charge in [-0.2, -0.15) is 0 Å². The predicted octanol–water partition coefficient (Wildman–Crippen LogP) is 2.26. The second-order valence-electron chi connectivity index (χ2n) is 5.93. The molecule has 11 heteroatoms. The maximum absolute atomic E-state index is 12.7. The van der Waals surface area contributed by atoms with Crippen molar-refractivity contribution in [2.45, 2.75) is 4.90 Å². The topological polar surface area (TPSA) is 115 Å². The third kappa shape index (κ3) is 2.47. The fraction of sp³-hybridized carbons (Fsp3) is 0.0588. The first-order valence-electron chi connectivity index (χ1n) is 8.10. The maximum atomic E-state index is 12.7. The smallest absolute Gasteiger partial charge is 0.267 e. The van der Waals surface area contributed by atoms with Gasteiger partial charge in [0.15, 0.2) is 5.01 Å². The molecule has 0 aromatic carbocycles. The monoisotopic (exact) mass is 409 g/mol. The molecule has 0 bridgehead atoms. The summed E-state index contributed by atoms with van der Waals surface area (Å²) in [4.78, 5) is 16.8. The van der Waals surface area contributed by atoms with E-state index in [0.29, 0.717) is 22.1 Å². The van der Waals surface area contributed by atoms with Crippen molar-refractivity contribution < 1.29 is 8.42 Å². The van der Waals surface area contributed by atoms with Gasteiger partial charge in [0.1, 0.15) is 33.3 Å². The fourth-order valence-electron chi connectivity index (χ4n) is 2.89. The summed E-state index contributed by atoms with van der Waals surface area (Å²) >= 11 is 1.38. The molecule has 5 heterocycles. The number of aromatic nitrogens is 6. The summed E-state index contributed by atoms with van der Waals surface area (Å²) in [6.45, 7) is 0. The zero-order valence-corrected chi connectivity index (χ0v) is 16.0. The molecular formula is C17H11N7O2S2. The van der Waals surface area contributed by atoms with Crippen LogP contribution in [0.1, 0.15) is 0 Å². The van der Waals surface area contributed by atoms with E-state index in [1.165, 1.54) is 35.2 Å². The Morgan fingerprint density at radius 3 is 2.68 bits per heavy atom. The number of hydrogen-bond acceptors (Lipinski definition) is 9. The lowest BCUT2D eigenvalue weighted by Gasteiger charge is -2.27. The molecule has 9 nitrogen and oxygen atoms in total. The Labute approximate surface area is 163 Å². The molecule has 138 valence electrons. The zero-order chi connectivity index (χ0) is 19.3. The van der Waals surface area contributed by atoms with Crippen molar-refractivity contribution >= 4 is 27.0 Å². The lowest BCUT2D eigenvalue weighted by Crippen LogP contribution is -2.31. The molecule has 28 heavy (non-hydrogen) atoms. The van der Waals surface area contributed by atoms with E-state index in [1.54, 1.807) is 24.5 Å². The van der Waals surface area contributed by atoms with Crippen molar-refractivity contribution in [3.63, 3.8) is 0 Å². The van der Waals surface area contributed by atoms with Gasteiger partial charge in [-0.05, 0) is 24.3 Å². The molecule has 0 radical (unpaired) electrons. The molecule has 0 amide bonds. The second-order valence-corrected chi connectivity index (χ2v) is 8.84. The molecule has 1 aliphatic heterocycles. The van der Waals surface area contributed by atoms with Gasteiger partial charge < -0.3 is 0 Å². The quantitative estimate of drug-likeness (QED) is 0.495. The average Bonchev–Trinajstić information content (AvgIpc) is 3.23. The van der Waals surface area contributed by atoms with E-state index in [9.17, 15) is 8.42 Å². The SMILES string of the molecule is CN1c2ccc(-c3nnc(-c4cccnc4)s3)nc2-c2ncncc2S1(=O)=O. The highest BCUT2D eigenvalue weighted by atomic mass is 32.2. The molecule has 0 N–H and O–H groups in total. The van der Waals surface area contributed by atoms with E-state index in [1.807, 2.05) is 12.1 Å². The molecule has 5 rings (SSSR count). The standard InChI is InChI=1S/C17H11N7O2S2/c1-24-12-5-4-11(17-23-22-16(27-17)10-3-2-6-18-7-10)21-14(12)15-13(28(24,25)26)8-19-9-20-15/h2-9H,1H3. The summed E-state index contributed by atoms with van der Waals surface area (Å²) in [5.74, 6) is 0. The van der Waals surface area contributed by atoms with E-state index >= 15 is 0 Å². The van der Waals surface area contributed by atoms with Gasteiger partial charge in [-0.25, -0.2) is 23.4 Å². The second kappa shape index (κ2) is 6.11. The molecule has 0 spiro atoms. The largest absolute Gasteiger partial charge is 0.267 e. The van der Waals surface area contributed by atoms with E-state index in [-0.39, 0.29) is 10.6 Å². The molecule has 0 atom stereocenters. The first-order chi connectivity index (χ1) is 13.6. The Morgan fingerprint density at radius 2 is 1.86 bits per heavy atom. The number of nitrogens with zero attached hydrogens (tertiary/aromatic N) is 7. The number of hydrogen-bond donors (Lipinski definition) is 0. The Hall–Kier alpha value is -3.31. The van der Waals surface area contributed by atoms with Gasteiger partial charge >= 0.3 is 0 Å². The molecule has 0 unspecified atom stereocenters. The first-order valence-corrected chi connectivity index (χ1v) is 10.4. The van der Waals surface area contributed by atoms with Gasteiger partial charge in [0.25, 0.3) is 10.0 Å². The van der Waals surface area contributed by atoms with E-state index in [2.05, 4.69) is 30.1 Å². The van der Waals surface area contributed by atoms with Gasteiger partial charge in [-0.3, -0.25) is 9.29 Å². The average molecular weight is 409 g/mol. The molecular weight excluding hydrogens is 398 g/mol. The summed E-state index contributed by atoms with van der Waals surface area (Å²) in [6.07, 6.45) is 6.01. The molecule has 0 fully saturated rings. The lowest BCUT2D eigenvalue weighted by atomic mass is 10.2. The van der Waals surface area contributed by atoms with Crippen LogP contribution in [0.4, 0.5) is 5.69 Å². The Bertz CT molecular complexity index is 1310. The molecule has 4 aromatic rings. The Kier molecular flexibility index (Phi) is 3.67. The van der Waals surface area contributed by atoms with Gasteiger partial charge in [-0.1, -0.05) is 11.3 Å². The molecule has 0 aliphatic carbocycles. The minimum absolute atomic E-state index is 0.0305. The van der Waals surface area contributed by atoms with Crippen molar-refractivity contribution in [1.29, 1.82) is 0 Å². The summed E-state index contributed by atoms with van der Waals surface area (Å²) < 4.78 is 26.5. The van der Waals surface area contributed by atoms with Crippen molar-refractivity contribution in [2.24, 2.45) is 0 Å². The van der Waals surface area contributed by atoms with Gasteiger partial charge in [-0.15, -0.1) is 10.2 Å². The fourth-order valence-corrected chi connectivity index (χ4v) is 4.98. The number of anilines is 1. The van der Waals surface area contributed by atoms with Crippen molar-refractivity contribution in [2.75, 3.05) is 11.4 Å². The van der Waals surface area contributed by atoms with Crippen LogP contribution in [0.3, 0.4) is 0 Å². The number of pyridine rings is 2. The highest BCUT2D eigenvalue weighted by Gasteiger charge is 2.35. The van der Waals surface area contributed by atoms with Crippen molar-refractivity contribution in [3.8, 4) is 32.7 Å². The zero-order valence-electron chi connectivity index (χ0n) is 14.4. The summed E-state index contributed by atoms with van der Waals surface area (Å²) in [5.41, 5.74) is 2.65. The summed E-state index contributed by atoms with van der Waals surface area (Å²) in [6, 6.07) is 7.17. The third-order valence-corrected chi connectivity index (χ3v) is 7.07. The molecule has 1 aliphatic rings. The maximum Gasteiger partial charge on any atom is 0.267 e. The van der Waals surface area contributed by atoms with Gasteiger partial charge in [0, 0.05) is 25.0 Å². The van der Waals surface area contributed by atoms with Gasteiger partial charge in [0.2, 0.25) is 0 Å². The minimum Gasteiger partial charge on any atom is -0.267 e. The molecule has 0 saturated carbocycles. The van der Waals surface area contributed by atoms with Crippen LogP contribution < -0.4 is 4.31 Å². The summed E-state index contributed by atoms with van der Waals surface area (Å²) in [5, 5.41) is 9.79. The highest BCUT2D eigenvalue weighted by Crippen LogP contribution is 2.41. The minimum atomic E-state index is -3.71. The Balaban J connectivity index is 1.64. The molecule has 4 aromatic heterocycles. The van der Waals surface area contributed by atoms with Crippen LogP contribution in [0.5, 0.6) is 0 Å². The van der Waals surface area contributed by atoms with Crippen LogP contribution in [-0.2, 0) is 10.0 Å². The summed E-state index contributed by atoms with van der Waals surface area (Å²) in [7, 11) is -2.22. The molecule has 0 saturated heterocycles. The van der Waals surface area contributed by atoms with Crippen LogP contribution >= 0.6 is 11.3 Å². The van der Waals surface area contributed by atoms with Crippen LogP contribution in [0.15, 0.2) is 54.1 Å². The van der Waals surface area contributed by atoms with E-state index < -0.39 is 10.0 Å². The van der Waals surface area contributed by atoms with Gasteiger partial charge in [0.05, 0.1) is 11.9 Å². The van der Waals surface area contributed by atoms with Crippen LogP contribution in [-0.4, -0.2) is 45.6 Å². The Morgan fingerprint density at radius 1 is 1.00 bits per heavy atom. The predicted molar refractivity (Wildman–Crippen MR) is 103 cm³/mol. The third-order valence-electron chi connectivity index (χ3n) is 4.31. The van der Waals surface area contributed by atoms with Crippen LogP contribution in [0.25, 0.3) is 32.7 Å². The number of fused-ring (bicyclic) bond motifs is 3. The van der Waals surface area contributed by atoms with Crippen molar-refractivity contribution in [1.82, 2.24) is 30.1 Å². The highest BCUT2D eigenvalue weighted by molar-refractivity contribution is 7.93. The normalized spacial score (nSPS) is 14.4. The number of rotatable bonds is 2. The number of sulfonamides is 1.